The summed E-state index contributed by atoms with van der Waals surface area (Å²) in [6.45, 7) is 7.59. The molecule has 3 heteroatoms. The molecule has 1 rings (SSSR count). The van der Waals surface area contributed by atoms with Crippen LogP contribution in [-0.4, -0.2) is 13.7 Å². The van der Waals surface area contributed by atoms with Gasteiger partial charge in [0.1, 0.15) is 5.75 Å². The fourth-order valence-electron chi connectivity index (χ4n) is 1.97. The standard InChI is InChI=1S/C14H22BrNO/c1-5-6-10(2)9-16-14-11(3)7-12(15)8-13(14)17-4/h7-8,10,16H,5-6,9H2,1-4H3. The van der Waals surface area contributed by atoms with E-state index in [0.717, 1.165) is 22.5 Å². The topological polar surface area (TPSA) is 21.3 Å². The SMILES string of the molecule is CCCC(C)CNc1c(C)cc(Br)cc1OC. The molecule has 0 bridgehead atoms. The van der Waals surface area contributed by atoms with Crippen molar-refractivity contribution in [1.82, 2.24) is 0 Å². The lowest BCUT2D eigenvalue weighted by molar-refractivity contribution is 0.415. The molecule has 0 spiro atoms. The van der Waals surface area contributed by atoms with Crippen molar-refractivity contribution in [2.45, 2.75) is 33.6 Å². The lowest BCUT2D eigenvalue weighted by atomic mass is 10.1. The third-order valence-corrected chi connectivity index (χ3v) is 3.35. The minimum Gasteiger partial charge on any atom is -0.495 e. The molecular formula is C14H22BrNO. The minimum atomic E-state index is 0.688. The van der Waals surface area contributed by atoms with E-state index in [4.69, 9.17) is 4.74 Å². The van der Waals surface area contributed by atoms with Gasteiger partial charge < -0.3 is 10.1 Å². The van der Waals surface area contributed by atoms with Gasteiger partial charge in [0, 0.05) is 11.0 Å². The second kappa shape index (κ2) is 6.90. The zero-order valence-electron chi connectivity index (χ0n) is 11.1. The van der Waals surface area contributed by atoms with Gasteiger partial charge in [0.15, 0.2) is 0 Å². The van der Waals surface area contributed by atoms with Crippen LogP contribution < -0.4 is 10.1 Å². The second-order valence-electron chi connectivity index (χ2n) is 4.57. The molecule has 0 aliphatic rings. The summed E-state index contributed by atoms with van der Waals surface area (Å²) in [5, 5.41) is 3.50. The van der Waals surface area contributed by atoms with E-state index in [9.17, 15) is 0 Å². The van der Waals surface area contributed by atoms with E-state index in [1.165, 1.54) is 18.4 Å². The molecule has 1 aromatic rings. The van der Waals surface area contributed by atoms with Crippen LogP contribution in [0.2, 0.25) is 0 Å². The van der Waals surface area contributed by atoms with Gasteiger partial charge in [-0.15, -0.1) is 0 Å². The Bertz CT molecular complexity index is 365. The molecule has 0 aromatic heterocycles. The van der Waals surface area contributed by atoms with E-state index in [-0.39, 0.29) is 0 Å². The summed E-state index contributed by atoms with van der Waals surface area (Å²) < 4.78 is 6.46. The highest BCUT2D eigenvalue weighted by Crippen LogP contribution is 2.32. The van der Waals surface area contributed by atoms with Gasteiger partial charge >= 0.3 is 0 Å². The summed E-state index contributed by atoms with van der Waals surface area (Å²) in [4.78, 5) is 0. The van der Waals surface area contributed by atoms with Crippen molar-refractivity contribution >= 4 is 21.6 Å². The third kappa shape index (κ3) is 4.23. The number of ether oxygens (including phenoxy) is 1. The molecule has 1 N–H and O–H groups in total. The molecule has 0 saturated carbocycles. The third-order valence-electron chi connectivity index (χ3n) is 2.89. The maximum atomic E-state index is 5.41. The predicted molar refractivity (Wildman–Crippen MR) is 78.0 cm³/mol. The molecule has 2 nitrogen and oxygen atoms in total. The number of benzene rings is 1. The van der Waals surface area contributed by atoms with Crippen LogP contribution in [-0.2, 0) is 0 Å². The summed E-state index contributed by atoms with van der Waals surface area (Å²) in [6, 6.07) is 4.11. The van der Waals surface area contributed by atoms with Gasteiger partial charge in [-0.2, -0.15) is 0 Å². The highest BCUT2D eigenvalue weighted by atomic mass is 79.9. The van der Waals surface area contributed by atoms with Crippen LogP contribution in [0.3, 0.4) is 0 Å². The molecule has 17 heavy (non-hydrogen) atoms. The van der Waals surface area contributed by atoms with Gasteiger partial charge in [-0.3, -0.25) is 0 Å². The molecule has 0 aliphatic heterocycles. The van der Waals surface area contributed by atoms with Crippen LogP contribution in [0.5, 0.6) is 5.75 Å². The Hall–Kier alpha value is -0.700. The van der Waals surface area contributed by atoms with E-state index < -0.39 is 0 Å². The van der Waals surface area contributed by atoms with Crippen LogP contribution in [0.15, 0.2) is 16.6 Å². The number of rotatable bonds is 6. The summed E-state index contributed by atoms with van der Waals surface area (Å²) in [5.74, 6) is 1.59. The highest BCUT2D eigenvalue weighted by Gasteiger charge is 2.09. The highest BCUT2D eigenvalue weighted by molar-refractivity contribution is 9.10. The number of anilines is 1. The van der Waals surface area contributed by atoms with E-state index in [1.54, 1.807) is 7.11 Å². The summed E-state index contributed by atoms with van der Waals surface area (Å²) in [5.41, 5.74) is 2.32. The largest absolute Gasteiger partial charge is 0.495 e. The number of nitrogens with one attached hydrogen (secondary N) is 1. The first-order valence-electron chi connectivity index (χ1n) is 6.16. The number of methoxy groups -OCH3 is 1. The molecule has 1 unspecified atom stereocenters. The van der Waals surface area contributed by atoms with E-state index >= 15 is 0 Å². The molecule has 0 heterocycles. The molecule has 96 valence electrons. The van der Waals surface area contributed by atoms with Gasteiger partial charge in [-0.1, -0.05) is 36.2 Å². The Kier molecular flexibility index (Phi) is 5.83. The van der Waals surface area contributed by atoms with E-state index in [2.05, 4.69) is 48.1 Å². The lowest BCUT2D eigenvalue weighted by Crippen LogP contribution is -2.12. The van der Waals surface area contributed by atoms with Gasteiger partial charge in [0.25, 0.3) is 0 Å². The van der Waals surface area contributed by atoms with Gasteiger partial charge in [0.2, 0.25) is 0 Å². The van der Waals surface area contributed by atoms with Crippen LogP contribution in [0.1, 0.15) is 32.3 Å². The van der Waals surface area contributed by atoms with Gasteiger partial charge in [-0.05, 0) is 37.0 Å². The normalized spacial score (nSPS) is 12.3. The predicted octanol–water partition coefficient (Wildman–Crippen LogP) is 4.61. The molecule has 0 radical (unpaired) electrons. The molecular weight excluding hydrogens is 278 g/mol. The first kappa shape index (κ1) is 14.4. The zero-order valence-corrected chi connectivity index (χ0v) is 12.7. The average Bonchev–Trinajstić information content (AvgIpc) is 2.27. The fraction of sp³-hybridized carbons (Fsp3) is 0.571. The number of aryl methyl sites for hydroxylation is 1. The van der Waals surface area contributed by atoms with Crippen LogP contribution in [0, 0.1) is 12.8 Å². The van der Waals surface area contributed by atoms with Crippen molar-refractivity contribution in [3.05, 3.63) is 22.2 Å². The Morgan fingerprint density at radius 3 is 2.71 bits per heavy atom. The quantitative estimate of drug-likeness (QED) is 0.828. The maximum Gasteiger partial charge on any atom is 0.143 e. The first-order chi connectivity index (χ1) is 8.08. The molecule has 0 aliphatic carbocycles. The Labute approximate surface area is 113 Å². The Morgan fingerprint density at radius 1 is 1.41 bits per heavy atom. The van der Waals surface area contributed by atoms with E-state index in [0.29, 0.717) is 5.92 Å². The lowest BCUT2D eigenvalue weighted by Gasteiger charge is -2.17. The molecule has 0 fully saturated rings. The van der Waals surface area contributed by atoms with Crippen molar-refractivity contribution in [3.8, 4) is 5.75 Å². The van der Waals surface area contributed by atoms with Crippen LogP contribution >= 0.6 is 15.9 Å². The Morgan fingerprint density at radius 2 is 2.12 bits per heavy atom. The Balaban J connectivity index is 2.76. The second-order valence-corrected chi connectivity index (χ2v) is 5.49. The van der Waals surface area contributed by atoms with Gasteiger partial charge in [-0.25, -0.2) is 0 Å². The zero-order chi connectivity index (χ0) is 12.8. The van der Waals surface area contributed by atoms with E-state index in [1.807, 2.05) is 6.07 Å². The van der Waals surface area contributed by atoms with Crippen LogP contribution in [0.25, 0.3) is 0 Å². The van der Waals surface area contributed by atoms with Crippen molar-refractivity contribution in [3.63, 3.8) is 0 Å². The molecule has 1 atom stereocenters. The molecule has 1 aromatic carbocycles. The van der Waals surface area contributed by atoms with Crippen molar-refractivity contribution in [2.75, 3.05) is 19.0 Å². The van der Waals surface area contributed by atoms with Crippen molar-refractivity contribution in [2.24, 2.45) is 5.92 Å². The minimum absolute atomic E-state index is 0.688. The first-order valence-corrected chi connectivity index (χ1v) is 6.95. The smallest absolute Gasteiger partial charge is 0.143 e. The van der Waals surface area contributed by atoms with Crippen LogP contribution in [0.4, 0.5) is 5.69 Å². The molecule has 0 amide bonds. The summed E-state index contributed by atoms with van der Waals surface area (Å²) in [6.07, 6.45) is 2.49. The number of halogens is 1. The average molecular weight is 300 g/mol. The number of hydrogen-bond donors (Lipinski definition) is 1. The molecule has 0 saturated heterocycles. The van der Waals surface area contributed by atoms with Crippen molar-refractivity contribution in [1.29, 1.82) is 0 Å². The van der Waals surface area contributed by atoms with Gasteiger partial charge in [0.05, 0.1) is 12.8 Å². The van der Waals surface area contributed by atoms with Crippen molar-refractivity contribution < 1.29 is 4.74 Å². The number of hydrogen-bond acceptors (Lipinski definition) is 2. The maximum absolute atomic E-state index is 5.41. The summed E-state index contributed by atoms with van der Waals surface area (Å²) >= 11 is 3.49. The summed E-state index contributed by atoms with van der Waals surface area (Å²) in [7, 11) is 1.71. The monoisotopic (exact) mass is 299 g/mol. The fourth-order valence-corrected chi connectivity index (χ4v) is 2.52.